The number of pyridine rings is 1. The van der Waals surface area contributed by atoms with Gasteiger partial charge in [-0.05, 0) is 140 Å². The van der Waals surface area contributed by atoms with E-state index in [2.05, 4.69) is 121 Å². The highest BCUT2D eigenvalue weighted by Gasteiger charge is 2.34. The van der Waals surface area contributed by atoms with E-state index < -0.39 is 0 Å². The van der Waals surface area contributed by atoms with Crippen LogP contribution in [0.2, 0.25) is 0 Å². The van der Waals surface area contributed by atoms with Gasteiger partial charge in [0.05, 0.1) is 0 Å². The molecule has 0 spiro atoms. The van der Waals surface area contributed by atoms with Gasteiger partial charge < -0.3 is 5.32 Å². The third-order valence-corrected chi connectivity index (χ3v) is 9.99. The van der Waals surface area contributed by atoms with Crippen molar-refractivity contribution >= 4 is 35.0 Å². The van der Waals surface area contributed by atoms with E-state index in [0.717, 1.165) is 36.9 Å². The zero-order valence-electron chi connectivity index (χ0n) is 31.9. The van der Waals surface area contributed by atoms with Crippen LogP contribution in [0.3, 0.4) is 0 Å². The Morgan fingerprint density at radius 2 is 1.63 bits per heavy atom. The van der Waals surface area contributed by atoms with Crippen LogP contribution in [0.15, 0.2) is 101 Å². The molecule has 254 valence electrons. The molecule has 0 atom stereocenters. The summed E-state index contributed by atoms with van der Waals surface area (Å²) in [5.74, 6) is 0. The molecular formula is C45H56BN3. The lowest BCUT2D eigenvalue weighted by Crippen LogP contribution is -2.50. The number of rotatable bonds is 10. The summed E-state index contributed by atoms with van der Waals surface area (Å²) < 4.78 is 0. The molecule has 0 radical (unpaired) electrons. The molecule has 3 aromatic rings. The number of hydrogen-bond acceptors (Lipinski definition) is 3. The highest BCUT2D eigenvalue weighted by atomic mass is 14.8. The van der Waals surface area contributed by atoms with Crippen molar-refractivity contribution in [3.05, 3.63) is 146 Å². The molecule has 49 heavy (non-hydrogen) atoms. The van der Waals surface area contributed by atoms with Gasteiger partial charge in [0.1, 0.15) is 0 Å². The van der Waals surface area contributed by atoms with Crippen molar-refractivity contribution in [2.75, 3.05) is 6.54 Å². The molecular weight excluding hydrogens is 593 g/mol. The quantitative estimate of drug-likeness (QED) is 0.103. The van der Waals surface area contributed by atoms with Crippen molar-refractivity contribution in [2.45, 2.75) is 95.4 Å². The molecule has 0 aliphatic carbocycles. The second-order valence-corrected chi connectivity index (χ2v) is 13.9. The number of aromatic nitrogens is 1. The van der Waals surface area contributed by atoms with Gasteiger partial charge in [-0.1, -0.05) is 87.2 Å². The van der Waals surface area contributed by atoms with Crippen LogP contribution < -0.4 is 16.2 Å². The summed E-state index contributed by atoms with van der Waals surface area (Å²) in [5.41, 5.74) is 22.0. The Hall–Kier alpha value is -4.44. The van der Waals surface area contributed by atoms with E-state index in [-0.39, 0.29) is 6.71 Å². The fraction of sp³-hybridized carbons (Fsp3) is 0.333. The first-order valence-corrected chi connectivity index (χ1v) is 17.8. The molecule has 3 nitrogen and oxygen atoms in total. The van der Waals surface area contributed by atoms with Crippen LogP contribution in [0.1, 0.15) is 97.5 Å². The van der Waals surface area contributed by atoms with Crippen LogP contribution in [-0.2, 0) is 6.42 Å². The summed E-state index contributed by atoms with van der Waals surface area (Å²) in [6.07, 6.45) is 19.3. The lowest BCUT2D eigenvalue weighted by molar-refractivity contribution is 0.935. The molecule has 1 aliphatic rings. The Kier molecular flexibility index (Phi) is 12.8. The molecule has 2 aromatic carbocycles. The molecule has 0 bridgehead atoms. The predicted octanol–water partition coefficient (Wildman–Crippen LogP) is 9.89. The summed E-state index contributed by atoms with van der Waals surface area (Å²) in [6.45, 7) is 30.2. The summed E-state index contributed by atoms with van der Waals surface area (Å²) in [5, 5.41) is 3.55. The Morgan fingerprint density at radius 1 is 0.939 bits per heavy atom. The van der Waals surface area contributed by atoms with E-state index in [1.54, 1.807) is 0 Å². The van der Waals surface area contributed by atoms with Gasteiger partial charge >= 0.3 is 0 Å². The zero-order chi connectivity index (χ0) is 35.8. The summed E-state index contributed by atoms with van der Waals surface area (Å²) in [4.78, 5) is 9.08. The first-order valence-electron chi connectivity index (χ1n) is 17.8. The zero-order valence-corrected chi connectivity index (χ0v) is 31.9. The lowest BCUT2D eigenvalue weighted by Gasteiger charge is -2.31. The number of aliphatic imine (C=N–C) groups is 1. The van der Waals surface area contributed by atoms with E-state index in [0.29, 0.717) is 0 Å². The van der Waals surface area contributed by atoms with Crippen LogP contribution in [0.25, 0.3) is 11.1 Å². The van der Waals surface area contributed by atoms with Crippen LogP contribution >= 0.6 is 0 Å². The van der Waals surface area contributed by atoms with Gasteiger partial charge in [-0.25, -0.2) is 0 Å². The predicted molar refractivity (Wildman–Crippen MR) is 218 cm³/mol. The van der Waals surface area contributed by atoms with Crippen molar-refractivity contribution in [1.29, 1.82) is 0 Å². The fourth-order valence-electron chi connectivity index (χ4n) is 8.13. The molecule has 0 fully saturated rings. The van der Waals surface area contributed by atoms with Crippen LogP contribution in [-0.4, -0.2) is 24.5 Å². The largest absolute Gasteiger partial charge is 0.387 e. The first kappa shape index (κ1) is 37.4. The van der Waals surface area contributed by atoms with Gasteiger partial charge in [0.2, 0.25) is 6.71 Å². The standard InChI is InChI=1S/C45H56BN3/c1-13-21-47-24-20-40-31(6)25-33(8)44(35(40)10)46(43(30(4)5)36(11)41(29(2)3)38-19-17-23-49-27-38)45-34(9)26-32(7)42(37(45)12)39-18-15-14-16-22-48-28-39/h13-14,16-17,19,21,23-28,48H,4,15,18,20,22H2,1-3,5-12H3/b16-14-,21-13-,39-28+,43-36+,47-24?. The van der Waals surface area contributed by atoms with Crippen molar-refractivity contribution in [2.24, 2.45) is 4.99 Å². The maximum Gasteiger partial charge on any atom is 0.243 e. The Balaban J connectivity index is 2.18. The maximum atomic E-state index is 4.71. The molecule has 0 amide bonds. The highest BCUT2D eigenvalue weighted by Crippen LogP contribution is 2.35. The topological polar surface area (TPSA) is 37.3 Å². The Morgan fingerprint density at radius 3 is 2.27 bits per heavy atom. The molecule has 0 saturated carbocycles. The third-order valence-electron chi connectivity index (χ3n) is 9.99. The van der Waals surface area contributed by atoms with Crippen molar-refractivity contribution in [3.8, 4) is 0 Å². The summed E-state index contributed by atoms with van der Waals surface area (Å²) in [7, 11) is 0. The number of benzene rings is 2. The van der Waals surface area contributed by atoms with Gasteiger partial charge in [-0.2, -0.15) is 0 Å². The number of nitrogens with zero attached hydrogens (tertiary/aromatic N) is 2. The third kappa shape index (κ3) is 8.24. The van der Waals surface area contributed by atoms with E-state index in [4.69, 9.17) is 6.58 Å². The molecule has 4 rings (SSSR count). The minimum Gasteiger partial charge on any atom is -0.387 e. The first-order chi connectivity index (χ1) is 23.4. The smallest absolute Gasteiger partial charge is 0.243 e. The fourth-order valence-corrected chi connectivity index (χ4v) is 8.13. The van der Waals surface area contributed by atoms with Gasteiger partial charge in [0, 0.05) is 49.5 Å². The maximum absolute atomic E-state index is 4.71. The van der Waals surface area contributed by atoms with Gasteiger partial charge in [0.25, 0.3) is 0 Å². The van der Waals surface area contributed by atoms with Crippen LogP contribution in [0.4, 0.5) is 0 Å². The Labute approximate surface area is 297 Å². The molecule has 0 unspecified atom stereocenters. The molecule has 4 heteroatoms. The van der Waals surface area contributed by atoms with Crippen LogP contribution in [0.5, 0.6) is 0 Å². The molecule has 1 aromatic heterocycles. The van der Waals surface area contributed by atoms with Crippen molar-refractivity contribution in [3.63, 3.8) is 0 Å². The lowest BCUT2D eigenvalue weighted by atomic mass is 9.31. The summed E-state index contributed by atoms with van der Waals surface area (Å²) in [6, 6.07) is 9.01. The highest BCUT2D eigenvalue weighted by molar-refractivity contribution is 6.93. The van der Waals surface area contributed by atoms with Crippen molar-refractivity contribution < 1.29 is 0 Å². The number of allylic oxidation sites excluding steroid dienone is 8. The summed E-state index contributed by atoms with van der Waals surface area (Å²) >= 11 is 0. The number of hydrogen-bond donors (Lipinski definition) is 1. The molecule has 0 saturated heterocycles. The van der Waals surface area contributed by atoms with E-state index in [1.165, 1.54) is 83.2 Å². The van der Waals surface area contributed by atoms with E-state index in [9.17, 15) is 0 Å². The number of aryl methyl sites for hydroxylation is 4. The minimum absolute atomic E-state index is 0.0308. The van der Waals surface area contributed by atoms with Crippen molar-refractivity contribution in [1.82, 2.24) is 10.3 Å². The minimum atomic E-state index is -0.0308. The van der Waals surface area contributed by atoms with Gasteiger partial charge in [0.15, 0.2) is 0 Å². The van der Waals surface area contributed by atoms with E-state index in [1.807, 2.05) is 43.9 Å². The average Bonchev–Trinajstić information content (AvgIpc) is 3.01. The molecule has 2 heterocycles. The normalized spacial score (nSPS) is 15.6. The average molecular weight is 650 g/mol. The SMILES string of the molecule is C=C(C)/C(B(c1c(C)cc(C)c(CC=N/C=C\C)c1C)c1c(C)cc(C)c(/C2=C/NC/C=C\CC2)c1C)=C(/C)C(=C(C)C)c1cccnc1. The van der Waals surface area contributed by atoms with Gasteiger partial charge in [-0.15, -0.1) is 0 Å². The van der Waals surface area contributed by atoms with Gasteiger partial charge in [-0.3, -0.25) is 9.98 Å². The second kappa shape index (κ2) is 16.8. The van der Waals surface area contributed by atoms with E-state index >= 15 is 0 Å². The number of nitrogens with one attached hydrogen (secondary N) is 1. The molecule has 1 N–H and O–H groups in total. The Bertz CT molecular complexity index is 1890. The second-order valence-electron chi connectivity index (χ2n) is 13.9. The monoisotopic (exact) mass is 649 g/mol. The molecule has 1 aliphatic heterocycles. The van der Waals surface area contributed by atoms with Crippen LogP contribution in [0, 0.1) is 41.5 Å².